The van der Waals surface area contributed by atoms with Gasteiger partial charge in [0.2, 0.25) is 0 Å². The van der Waals surface area contributed by atoms with Gasteiger partial charge in [0.25, 0.3) is 0 Å². The third-order valence-electron chi connectivity index (χ3n) is 2.01. The first-order valence-electron chi connectivity index (χ1n) is 4.35. The predicted molar refractivity (Wildman–Crippen MR) is 49.9 cm³/mol. The predicted octanol–water partition coefficient (Wildman–Crippen LogP) is 1.93. The molecule has 12 heavy (non-hydrogen) atoms. The number of carbonyl (C=O) groups is 1. The highest BCUT2D eigenvalue weighted by atomic mass is 16.3. The Morgan fingerprint density at radius 3 is 2.50 bits per heavy atom. The summed E-state index contributed by atoms with van der Waals surface area (Å²) in [6.45, 7) is 7.50. The van der Waals surface area contributed by atoms with Crippen LogP contribution in [0.2, 0.25) is 0 Å². The molecule has 0 saturated carbocycles. The van der Waals surface area contributed by atoms with Crippen molar-refractivity contribution in [1.29, 1.82) is 0 Å². The number of aliphatic hydroxyl groups is 1. The molecule has 0 fully saturated rings. The molecule has 0 radical (unpaired) electrons. The minimum Gasteiger partial charge on any atom is -0.393 e. The van der Waals surface area contributed by atoms with Crippen molar-refractivity contribution in [2.45, 2.75) is 39.2 Å². The van der Waals surface area contributed by atoms with Crippen LogP contribution in [0.15, 0.2) is 12.2 Å². The van der Waals surface area contributed by atoms with Crippen LogP contribution in [0, 0.1) is 5.92 Å². The summed E-state index contributed by atoms with van der Waals surface area (Å²) < 4.78 is 0. The van der Waals surface area contributed by atoms with Crippen molar-refractivity contribution in [2.75, 3.05) is 0 Å². The lowest BCUT2D eigenvalue weighted by atomic mass is 9.92. The molecule has 2 heteroatoms. The number of hydrogen-bond acceptors (Lipinski definition) is 2. The second-order valence-corrected chi connectivity index (χ2v) is 3.37. The molecule has 0 aliphatic carbocycles. The molecule has 2 unspecified atom stereocenters. The first-order chi connectivity index (χ1) is 5.57. The van der Waals surface area contributed by atoms with Crippen LogP contribution in [0.3, 0.4) is 0 Å². The van der Waals surface area contributed by atoms with E-state index in [9.17, 15) is 4.79 Å². The van der Waals surface area contributed by atoms with Crippen molar-refractivity contribution in [1.82, 2.24) is 0 Å². The van der Waals surface area contributed by atoms with Crippen LogP contribution in [0.1, 0.15) is 33.1 Å². The number of aliphatic hydroxyl groups excluding tert-OH is 1. The minimum absolute atomic E-state index is 0.247. The van der Waals surface area contributed by atoms with Gasteiger partial charge in [-0.05, 0) is 32.6 Å². The molecule has 0 rings (SSSR count). The number of allylic oxidation sites excluding steroid dienone is 1. The molecule has 0 heterocycles. The van der Waals surface area contributed by atoms with Gasteiger partial charge in [0, 0.05) is 6.42 Å². The summed E-state index contributed by atoms with van der Waals surface area (Å²) in [4.78, 5) is 10.3. The second-order valence-electron chi connectivity index (χ2n) is 3.37. The normalized spacial score (nSPS) is 15.2. The summed E-state index contributed by atoms with van der Waals surface area (Å²) in [5, 5.41) is 9.03. The van der Waals surface area contributed by atoms with E-state index in [4.69, 9.17) is 5.11 Å². The summed E-state index contributed by atoms with van der Waals surface area (Å²) in [5.41, 5.74) is 1.03. The van der Waals surface area contributed by atoms with Gasteiger partial charge in [0.1, 0.15) is 6.29 Å². The summed E-state index contributed by atoms with van der Waals surface area (Å²) in [5.74, 6) is 0.247. The highest BCUT2D eigenvalue weighted by Crippen LogP contribution is 2.18. The first-order valence-corrected chi connectivity index (χ1v) is 4.35. The Labute approximate surface area is 74.3 Å². The summed E-state index contributed by atoms with van der Waals surface area (Å²) in [6.07, 6.45) is 2.76. The number of carbonyl (C=O) groups excluding carboxylic acids is 1. The molecule has 0 aromatic rings. The molecular formula is C10H18O2. The molecular weight excluding hydrogens is 152 g/mol. The molecule has 70 valence electrons. The van der Waals surface area contributed by atoms with Gasteiger partial charge in [-0.3, -0.25) is 0 Å². The first kappa shape index (κ1) is 11.4. The van der Waals surface area contributed by atoms with E-state index in [1.807, 2.05) is 6.92 Å². The average molecular weight is 170 g/mol. The van der Waals surface area contributed by atoms with Crippen molar-refractivity contribution >= 4 is 6.29 Å². The molecule has 2 nitrogen and oxygen atoms in total. The molecule has 0 saturated heterocycles. The van der Waals surface area contributed by atoms with E-state index in [2.05, 4.69) is 6.58 Å². The van der Waals surface area contributed by atoms with Crippen LogP contribution in [0.4, 0.5) is 0 Å². The molecule has 0 aliphatic heterocycles. The summed E-state index contributed by atoms with van der Waals surface area (Å²) in [6, 6.07) is 0. The van der Waals surface area contributed by atoms with Gasteiger partial charge < -0.3 is 9.90 Å². The average Bonchev–Trinajstić information content (AvgIpc) is 1.96. The Hall–Kier alpha value is -0.630. The number of aldehydes is 1. The highest BCUT2D eigenvalue weighted by molar-refractivity contribution is 5.50. The molecule has 0 amide bonds. The van der Waals surface area contributed by atoms with Crippen LogP contribution in [0.25, 0.3) is 0 Å². The quantitative estimate of drug-likeness (QED) is 0.488. The second kappa shape index (κ2) is 5.95. The minimum atomic E-state index is -0.279. The lowest BCUT2D eigenvalue weighted by Crippen LogP contribution is -2.07. The van der Waals surface area contributed by atoms with Crippen molar-refractivity contribution in [3.05, 3.63) is 12.2 Å². The smallest absolute Gasteiger partial charge is 0.120 e. The van der Waals surface area contributed by atoms with Crippen LogP contribution in [-0.4, -0.2) is 17.5 Å². The Morgan fingerprint density at radius 1 is 1.58 bits per heavy atom. The topological polar surface area (TPSA) is 37.3 Å². The third-order valence-corrected chi connectivity index (χ3v) is 2.01. The van der Waals surface area contributed by atoms with Gasteiger partial charge in [-0.15, -0.1) is 0 Å². The van der Waals surface area contributed by atoms with Crippen molar-refractivity contribution < 1.29 is 9.90 Å². The molecule has 2 atom stereocenters. The maximum Gasteiger partial charge on any atom is 0.120 e. The van der Waals surface area contributed by atoms with Gasteiger partial charge in [-0.2, -0.15) is 0 Å². The lowest BCUT2D eigenvalue weighted by Gasteiger charge is -2.14. The van der Waals surface area contributed by atoms with Crippen molar-refractivity contribution in [3.63, 3.8) is 0 Å². The molecule has 0 aromatic carbocycles. The van der Waals surface area contributed by atoms with E-state index >= 15 is 0 Å². The van der Waals surface area contributed by atoms with Gasteiger partial charge in [-0.1, -0.05) is 12.2 Å². The van der Waals surface area contributed by atoms with Gasteiger partial charge in [-0.25, -0.2) is 0 Å². The zero-order valence-corrected chi connectivity index (χ0v) is 7.92. The van der Waals surface area contributed by atoms with E-state index in [1.54, 1.807) is 6.92 Å². The zero-order valence-electron chi connectivity index (χ0n) is 7.92. The summed E-state index contributed by atoms with van der Waals surface area (Å²) >= 11 is 0. The van der Waals surface area contributed by atoms with Crippen LogP contribution >= 0.6 is 0 Å². The third kappa shape index (κ3) is 5.08. The SMILES string of the molecule is C=C(C)C(CC=O)CCC(C)O. The Bertz CT molecular complexity index is 150. The van der Waals surface area contributed by atoms with E-state index in [0.29, 0.717) is 6.42 Å². The van der Waals surface area contributed by atoms with Gasteiger partial charge in [0.05, 0.1) is 6.10 Å². The molecule has 1 N–H and O–H groups in total. The van der Waals surface area contributed by atoms with E-state index in [1.165, 1.54) is 0 Å². The van der Waals surface area contributed by atoms with Gasteiger partial charge >= 0.3 is 0 Å². The fourth-order valence-corrected chi connectivity index (χ4v) is 1.12. The maximum atomic E-state index is 10.3. The summed E-state index contributed by atoms with van der Waals surface area (Å²) in [7, 11) is 0. The fraction of sp³-hybridized carbons (Fsp3) is 0.700. The number of rotatable bonds is 6. The Balaban J connectivity index is 3.78. The number of hydrogen-bond donors (Lipinski definition) is 1. The largest absolute Gasteiger partial charge is 0.393 e. The lowest BCUT2D eigenvalue weighted by molar-refractivity contribution is -0.108. The fourth-order valence-electron chi connectivity index (χ4n) is 1.12. The molecule has 0 spiro atoms. The standard InChI is InChI=1S/C10H18O2/c1-8(2)10(6-7-11)5-4-9(3)12/h7,9-10,12H,1,4-6H2,2-3H3. The molecule has 0 aromatic heterocycles. The monoisotopic (exact) mass is 170 g/mol. The van der Waals surface area contributed by atoms with Crippen molar-refractivity contribution in [2.24, 2.45) is 5.92 Å². The maximum absolute atomic E-state index is 10.3. The highest BCUT2D eigenvalue weighted by Gasteiger charge is 2.09. The Kier molecular flexibility index (Phi) is 5.64. The van der Waals surface area contributed by atoms with Crippen LogP contribution in [-0.2, 0) is 4.79 Å². The van der Waals surface area contributed by atoms with Crippen molar-refractivity contribution in [3.8, 4) is 0 Å². The Morgan fingerprint density at radius 2 is 2.17 bits per heavy atom. The van der Waals surface area contributed by atoms with Crippen LogP contribution in [0.5, 0.6) is 0 Å². The van der Waals surface area contributed by atoms with E-state index < -0.39 is 0 Å². The van der Waals surface area contributed by atoms with Gasteiger partial charge in [0.15, 0.2) is 0 Å². The zero-order chi connectivity index (χ0) is 9.56. The van der Waals surface area contributed by atoms with E-state index in [0.717, 1.165) is 24.7 Å². The molecule has 0 bridgehead atoms. The van der Waals surface area contributed by atoms with E-state index in [-0.39, 0.29) is 12.0 Å². The van der Waals surface area contributed by atoms with Crippen LogP contribution < -0.4 is 0 Å². The molecule has 0 aliphatic rings.